The molecule has 0 aliphatic rings. The van der Waals surface area contributed by atoms with Crippen molar-refractivity contribution < 1.29 is 9.59 Å². The van der Waals surface area contributed by atoms with Crippen molar-refractivity contribution in [3.05, 3.63) is 29.3 Å². The van der Waals surface area contributed by atoms with Crippen LogP contribution in [0.5, 0.6) is 0 Å². The van der Waals surface area contributed by atoms with E-state index in [0.717, 1.165) is 5.69 Å². The number of Topliss-reactive ketones (excluding diaryl/α,β-unsaturated/α-hetero) is 2. The fourth-order valence-electron chi connectivity index (χ4n) is 1.34. The Morgan fingerprint density at radius 3 is 2.06 bits per heavy atom. The monoisotopic (exact) mass is 235 g/mol. The number of hydrogen-bond donors (Lipinski definition) is 1. The molecule has 17 heavy (non-hydrogen) atoms. The van der Waals surface area contributed by atoms with Gasteiger partial charge in [-0.05, 0) is 25.1 Å². The summed E-state index contributed by atoms with van der Waals surface area (Å²) in [6, 6.07) is 5.15. The highest BCUT2D eigenvalue weighted by molar-refractivity contribution is 6.01. The van der Waals surface area contributed by atoms with Crippen molar-refractivity contribution in [2.45, 2.75) is 34.1 Å². The smallest absolute Gasteiger partial charge is 0.162 e. The van der Waals surface area contributed by atoms with Gasteiger partial charge in [-0.3, -0.25) is 9.59 Å². The van der Waals surface area contributed by atoms with Gasteiger partial charge in [0.15, 0.2) is 11.6 Å². The molecular formula is C14H21NO2. The van der Waals surface area contributed by atoms with Gasteiger partial charge in [-0.15, -0.1) is 0 Å². The number of carbonyl (C=O) groups is 2. The van der Waals surface area contributed by atoms with Crippen LogP contribution < -0.4 is 5.32 Å². The summed E-state index contributed by atoms with van der Waals surface area (Å²) < 4.78 is 0. The molecule has 0 amide bonds. The molecule has 1 N–H and O–H groups in total. The molecule has 0 unspecified atom stereocenters. The average Bonchev–Trinajstić information content (AvgIpc) is 2.39. The Kier molecular flexibility index (Phi) is 6.87. The molecule has 0 aliphatic heterocycles. The lowest BCUT2D eigenvalue weighted by Crippen LogP contribution is -2.02. The predicted molar refractivity (Wildman–Crippen MR) is 72.0 cm³/mol. The highest BCUT2D eigenvalue weighted by Gasteiger charge is 2.08. The minimum atomic E-state index is -0.0303. The molecule has 1 rings (SSSR count). The Labute approximate surface area is 103 Å². The van der Waals surface area contributed by atoms with E-state index in [4.69, 9.17) is 0 Å². The second-order valence-corrected chi connectivity index (χ2v) is 3.38. The molecule has 0 heterocycles. The third kappa shape index (κ3) is 4.39. The van der Waals surface area contributed by atoms with E-state index < -0.39 is 0 Å². The molecule has 94 valence electrons. The summed E-state index contributed by atoms with van der Waals surface area (Å²) in [4.78, 5) is 22.8. The maximum Gasteiger partial charge on any atom is 0.162 e. The van der Waals surface area contributed by atoms with Gasteiger partial charge in [-0.2, -0.15) is 0 Å². The van der Waals surface area contributed by atoms with E-state index >= 15 is 0 Å². The zero-order chi connectivity index (χ0) is 13.4. The molecule has 1 aromatic carbocycles. The quantitative estimate of drug-likeness (QED) is 0.812. The van der Waals surface area contributed by atoms with Crippen molar-refractivity contribution in [1.82, 2.24) is 0 Å². The Morgan fingerprint density at radius 1 is 1.12 bits per heavy atom. The molecule has 3 heteroatoms. The Morgan fingerprint density at radius 2 is 1.65 bits per heavy atom. The number of ketones is 2. The predicted octanol–water partition coefficient (Wildman–Crippen LogP) is 3.55. The summed E-state index contributed by atoms with van der Waals surface area (Å²) in [6.07, 6.45) is 0.449. The summed E-state index contributed by atoms with van der Waals surface area (Å²) in [6.45, 7) is 7.30. The van der Waals surface area contributed by atoms with E-state index in [0.29, 0.717) is 17.5 Å². The van der Waals surface area contributed by atoms with Crippen molar-refractivity contribution in [2.75, 3.05) is 12.4 Å². The number of benzene rings is 1. The van der Waals surface area contributed by atoms with Crippen LogP contribution in [0.15, 0.2) is 18.2 Å². The number of anilines is 1. The van der Waals surface area contributed by atoms with Gasteiger partial charge < -0.3 is 5.32 Å². The first kappa shape index (κ1) is 15.4. The van der Waals surface area contributed by atoms with Crippen molar-refractivity contribution >= 4 is 17.3 Å². The summed E-state index contributed by atoms with van der Waals surface area (Å²) in [7, 11) is 1.76. The van der Waals surface area contributed by atoms with Crippen LogP contribution in [0.2, 0.25) is 0 Å². The minimum absolute atomic E-state index is 0.0303. The zero-order valence-corrected chi connectivity index (χ0v) is 11.3. The fourth-order valence-corrected chi connectivity index (χ4v) is 1.34. The van der Waals surface area contributed by atoms with Crippen LogP contribution in [0, 0.1) is 0 Å². The summed E-state index contributed by atoms with van der Waals surface area (Å²) >= 11 is 0. The van der Waals surface area contributed by atoms with Gasteiger partial charge in [0.05, 0.1) is 0 Å². The van der Waals surface area contributed by atoms with Gasteiger partial charge in [0, 0.05) is 30.3 Å². The number of carbonyl (C=O) groups excluding carboxylic acids is 2. The molecule has 0 aromatic heterocycles. The highest BCUT2D eigenvalue weighted by atomic mass is 16.1. The molecule has 0 radical (unpaired) electrons. The van der Waals surface area contributed by atoms with E-state index in [2.05, 4.69) is 5.32 Å². The molecule has 0 atom stereocenters. The van der Waals surface area contributed by atoms with Gasteiger partial charge in [0.1, 0.15) is 0 Å². The molecule has 0 fully saturated rings. The van der Waals surface area contributed by atoms with Gasteiger partial charge in [-0.1, -0.05) is 20.8 Å². The third-order valence-corrected chi connectivity index (χ3v) is 2.27. The normalized spacial score (nSPS) is 9.00. The summed E-state index contributed by atoms with van der Waals surface area (Å²) in [5.74, 6) is 0.0202. The van der Waals surface area contributed by atoms with E-state index in [9.17, 15) is 9.59 Å². The Balaban J connectivity index is 0.00000121. The molecule has 0 spiro atoms. The Hall–Kier alpha value is -1.64. The van der Waals surface area contributed by atoms with Crippen LogP contribution in [-0.4, -0.2) is 18.6 Å². The van der Waals surface area contributed by atoms with E-state index in [-0.39, 0.29) is 11.6 Å². The minimum Gasteiger partial charge on any atom is -0.388 e. The van der Waals surface area contributed by atoms with E-state index in [1.54, 1.807) is 25.2 Å². The van der Waals surface area contributed by atoms with Crippen molar-refractivity contribution in [3.8, 4) is 0 Å². The van der Waals surface area contributed by atoms with Crippen LogP contribution >= 0.6 is 0 Å². The molecular weight excluding hydrogens is 214 g/mol. The van der Waals surface area contributed by atoms with Crippen LogP contribution in [0.3, 0.4) is 0 Å². The van der Waals surface area contributed by atoms with Gasteiger partial charge in [0.2, 0.25) is 0 Å². The molecule has 3 nitrogen and oxygen atoms in total. The largest absolute Gasteiger partial charge is 0.388 e. The van der Waals surface area contributed by atoms with Crippen LogP contribution in [0.4, 0.5) is 5.69 Å². The summed E-state index contributed by atoms with van der Waals surface area (Å²) in [5.41, 5.74) is 1.95. The van der Waals surface area contributed by atoms with Crippen molar-refractivity contribution in [3.63, 3.8) is 0 Å². The lowest BCUT2D eigenvalue weighted by molar-refractivity contribution is 0.0988. The van der Waals surface area contributed by atoms with Gasteiger partial charge >= 0.3 is 0 Å². The molecule has 1 aromatic rings. The molecule has 0 aliphatic carbocycles. The maximum absolute atomic E-state index is 11.5. The second-order valence-electron chi connectivity index (χ2n) is 3.38. The van der Waals surface area contributed by atoms with Crippen LogP contribution in [0.1, 0.15) is 54.8 Å². The van der Waals surface area contributed by atoms with Crippen molar-refractivity contribution in [1.29, 1.82) is 0 Å². The van der Waals surface area contributed by atoms with E-state index in [1.165, 1.54) is 6.92 Å². The van der Waals surface area contributed by atoms with Gasteiger partial charge in [0.25, 0.3) is 0 Å². The van der Waals surface area contributed by atoms with Crippen LogP contribution in [-0.2, 0) is 0 Å². The average molecular weight is 235 g/mol. The molecule has 0 saturated heterocycles. The topological polar surface area (TPSA) is 46.2 Å². The lowest BCUT2D eigenvalue weighted by Gasteiger charge is -2.06. The molecule has 0 saturated carbocycles. The SMILES string of the molecule is CC.CCC(=O)c1cc(NC)cc(C(C)=O)c1. The number of rotatable bonds is 4. The van der Waals surface area contributed by atoms with Crippen LogP contribution in [0.25, 0.3) is 0 Å². The lowest BCUT2D eigenvalue weighted by atomic mass is 10.0. The fraction of sp³-hybridized carbons (Fsp3) is 0.429. The zero-order valence-electron chi connectivity index (χ0n) is 11.3. The molecule has 0 bridgehead atoms. The second kappa shape index (κ2) is 7.60. The van der Waals surface area contributed by atoms with Gasteiger partial charge in [-0.25, -0.2) is 0 Å². The third-order valence-electron chi connectivity index (χ3n) is 2.27. The van der Waals surface area contributed by atoms with E-state index in [1.807, 2.05) is 20.8 Å². The first-order chi connectivity index (χ1) is 8.08. The standard InChI is InChI=1S/C12H15NO2.C2H6/c1-4-12(15)10-5-9(8(2)14)6-11(7-10)13-3;1-2/h5-7,13H,4H2,1-3H3;1-2H3. The summed E-state index contributed by atoms with van der Waals surface area (Å²) in [5, 5.41) is 2.94. The Bertz CT molecular complexity index is 397. The number of hydrogen-bond acceptors (Lipinski definition) is 3. The first-order valence-electron chi connectivity index (χ1n) is 5.95. The first-order valence-corrected chi connectivity index (χ1v) is 5.95. The number of nitrogens with one attached hydrogen (secondary N) is 1. The van der Waals surface area contributed by atoms with Crippen molar-refractivity contribution in [2.24, 2.45) is 0 Å². The highest BCUT2D eigenvalue weighted by Crippen LogP contribution is 2.16. The maximum atomic E-state index is 11.5.